The van der Waals surface area contributed by atoms with Gasteiger partial charge in [0.15, 0.2) is 0 Å². The summed E-state index contributed by atoms with van der Waals surface area (Å²) in [7, 11) is 0. The maximum Gasteiger partial charge on any atom is 0.255 e. The minimum absolute atomic E-state index is 0.111. The summed E-state index contributed by atoms with van der Waals surface area (Å²) in [5.41, 5.74) is 2.80. The summed E-state index contributed by atoms with van der Waals surface area (Å²) in [6.07, 6.45) is 3.64. The van der Waals surface area contributed by atoms with Crippen LogP contribution >= 0.6 is 0 Å². The molecule has 0 aliphatic carbocycles. The van der Waals surface area contributed by atoms with E-state index in [-0.39, 0.29) is 24.1 Å². The highest BCUT2D eigenvalue weighted by Crippen LogP contribution is 2.31. The van der Waals surface area contributed by atoms with E-state index in [1.165, 1.54) is 32.5 Å². The Morgan fingerprint density at radius 2 is 1.71 bits per heavy atom. The zero-order chi connectivity index (χ0) is 26.1. The lowest BCUT2D eigenvalue weighted by molar-refractivity contribution is -0.136. The lowest BCUT2D eigenvalue weighted by atomic mass is 9.96. The Kier molecular flexibility index (Phi) is 7.65. The molecule has 206 valence electrons. The lowest BCUT2D eigenvalue weighted by Gasteiger charge is -2.39. The molecular formula is C28H40N6O4. The first kappa shape index (κ1) is 25.7. The zero-order valence-corrected chi connectivity index (χ0v) is 22.2. The number of likely N-dealkylation sites (tertiary alicyclic amines) is 1. The van der Waals surface area contributed by atoms with Gasteiger partial charge in [0.2, 0.25) is 11.8 Å². The molecule has 1 unspecified atom stereocenters. The van der Waals surface area contributed by atoms with Gasteiger partial charge in [-0.1, -0.05) is 0 Å². The van der Waals surface area contributed by atoms with Crippen molar-refractivity contribution < 1.29 is 19.1 Å². The van der Waals surface area contributed by atoms with Crippen LogP contribution in [0.1, 0.15) is 41.6 Å². The van der Waals surface area contributed by atoms with Gasteiger partial charge in [0.1, 0.15) is 6.04 Å². The summed E-state index contributed by atoms with van der Waals surface area (Å²) < 4.78 is 5.88. The van der Waals surface area contributed by atoms with Crippen LogP contribution in [-0.4, -0.2) is 117 Å². The third-order valence-corrected chi connectivity index (χ3v) is 8.97. The van der Waals surface area contributed by atoms with E-state index in [0.29, 0.717) is 24.6 Å². The van der Waals surface area contributed by atoms with Crippen molar-refractivity contribution >= 4 is 23.4 Å². The number of rotatable bonds is 8. The Morgan fingerprint density at radius 1 is 0.921 bits per heavy atom. The highest BCUT2D eigenvalue weighted by atomic mass is 16.5. The number of anilines is 1. The summed E-state index contributed by atoms with van der Waals surface area (Å²) >= 11 is 0. The number of benzene rings is 1. The Morgan fingerprint density at radius 3 is 2.42 bits per heavy atom. The van der Waals surface area contributed by atoms with Crippen LogP contribution in [0.25, 0.3) is 0 Å². The van der Waals surface area contributed by atoms with E-state index in [1.807, 2.05) is 12.1 Å². The molecule has 0 radical (unpaired) electrons. The second kappa shape index (κ2) is 11.3. The van der Waals surface area contributed by atoms with Gasteiger partial charge in [0.05, 0.1) is 12.7 Å². The normalized spacial score (nSPS) is 26.0. The van der Waals surface area contributed by atoms with Gasteiger partial charge in [-0.05, 0) is 62.0 Å². The van der Waals surface area contributed by atoms with E-state index in [4.69, 9.17) is 4.74 Å². The lowest BCUT2D eigenvalue weighted by Crippen LogP contribution is -2.52. The van der Waals surface area contributed by atoms with Crippen molar-refractivity contribution in [2.24, 2.45) is 5.92 Å². The van der Waals surface area contributed by atoms with Crippen molar-refractivity contribution in [3.05, 3.63) is 29.3 Å². The molecule has 0 saturated carbocycles. The fourth-order valence-corrected chi connectivity index (χ4v) is 6.43. The molecule has 1 aromatic rings. The molecule has 10 heteroatoms. The Balaban J connectivity index is 0.949. The number of ether oxygens (including phenoxy) is 1. The van der Waals surface area contributed by atoms with Crippen molar-refractivity contribution in [3.8, 4) is 0 Å². The van der Waals surface area contributed by atoms with Gasteiger partial charge in [0, 0.05) is 76.6 Å². The number of hydrogen-bond donors (Lipinski definition) is 2. The van der Waals surface area contributed by atoms with Crippen molar-refractivity contribution in [2.45, 2.75) is 44.4 Å². The highest BCUT2D eigenvalue weighted by molar-refractivity contribution is 6.05. The number of piperidine rings is 2. The average molecular weight is 525 g/mol. The molecule has 5 heterocycles. The van der Waals surface area contributed by atoms with Gasteiger partial charge in [-0.25, -0.2) is 0 Å². The van der Waals surface area contributed by atoms with E-state index in [9.17, 15) is 14.4 Å². The molecule has 0 aromatic heterocycles. The molecule has 1 aromatic carbocycles. The predicted molar refractivity (Wildman–Crippen MR) is 143 cm³/mol. The van der Waals surface area contributed by atoms with E-state index < -0.39 is 6.04 Å². The SMILES string of the molecule is O=C1CCC(N2Cc3cc(N4CCN(CC5CCN(CCOC6CNC6)CC5)CC4)ccc3C2=O)C(=O)N1. The van der Waals surface area contributed by atoms with Crippen molar-refractivity contribution in [1.29, 1.82) is 0 Å². The number of carbonyl (C=O) groups excluding carboxylic acids is 3. The standard InChI is InChI=1S/C28H40N6O4/c35-26-4-3-25(27(36)30-26)34-19-21-15-22(1-2-24(21)28(34)37)33-11-9-32(10-12-33)18-20-5-7-31(8-6-20)13-14-38-23-16-29-17-23/h1-2,15,20,23,25,29H,3-14,16-19H2,(H,30,35,36). The van der Waals surface area contributed by atoms with Crippen molar-refractivity contribution in [2.75, 3.05) is 77.0 Å². The van der Waals surface area contributed by atoms with Crippen LogP contribution in [0.2, 0.25) is 0 Å². The first-order valence-corrected chi connectivity index (χ1v) is 14.3. The van der Waals surface area contributed by atoms with Gasteiger partial charge in [0.25, 0.3) is 5.91 Å². The van der Waals surface area contributed by atoms with E-state index in [2.05, 4.69) is 31.4 Å². The third kappa shape index (κ3) is 5.59. The van der Waals surface area contributed by atoms with Gasteiger partial charge < -0.3 is 24.8 Å². The molecule has 5 aliphatic rings. The van der Waals surface area contributed by atoms with Gasteiger partial charge in [-0.2, -0.15) is 0 Å². The van der Waals surface area contributed by atoms with Crippen LogP contribution < -0.4 is 15.5 Å². The third-order valence-electron chi connectivity index (χ3n) is 8.97. The maximum atomic E-state index is 13.0. The fraction of sp³-hybridized carbons (Fsp3) is 0.679. The molecule has 38 heavy (non-hydrogen) atoms. The number of carbonyl (C=O) groups is 3. The molecule has 2 N–H and O–H groups in total. The van der Waals surface area contributed by atoms with Crippen molar-refractivity contribution in [3.63, 3.8) is 0 Å². The maximum absolute atomic E-state index is 13.0. The zero-order valence-electron chi connectivity index (χ0n) is 22.2. The van der Waals surface area contributed by atoms with E-state index >= 15 is 0 Å². The van der Waals surface area contributed by atoms with E-state index in [0.717, 1.165) is 69.6 Å². The number of nitrogens with one attached hydrogen (secondary N) is 2. The Labute approximate surface area is 224 Å². The van der Waals surface area contributed by atoms with E-state index in [1.54, 1.807) is 4.90 Å². The quantitative estimate of drug-likeness (QED) is 0.468. The fourth-order valence-electron chi connectivity index (χ4n) is 6.43. The molecule has 6 rings (SSSR count). The molecule has 4 saturated heterocycles. The number of hydrogen-bond acceptors (Lipinski definition) is 8. The summed E-state index contributed by atoms with van der Waals surface area (Å²) in [6, 6.07) is 5.51. The Bertz CT molecular complexity index is 1050. The van der Waals surface area contributed by atoms with Gasteiger partial charge in [-0.3, -0.25) is 24.6 Å². The molecule has 4 fully saturated rings. The second-order valence-corrected chi connectivity index (χ2v) is 11.5. The summed E-state index contributed by atoms with van der Waals surface area (Å²) in [6.45, 7) is 12.0. The minimum Gasteiger partial charge on any atom is -0.374 e. The van der Waals surface area contributed by atoms with Crippen LogP contribution in [0.4, 0.5) is 5.69 Å². The van der Waals surface area contributed by atoms with Crippen LogP contribution in [0.3, 0.4) is 0 Å². The number of fused-ring (bicyclic) bond motifs is 1. The number of piperazine rings is 1. The van der Waals surface area contributed by atoms with Crippen molar-refractivity contribution in [1.82, 2.24) is 25.3 Å². The minimum atomic E-state index is -0.565. The number of imide groups is 1. The van der Waals surface area contributed by atoms with Gasteiger partial charge in [-0.15, -0.1) is 0 Å². The molecule has 5 aliphatic heterocycles. The molecule has 0 bridgehead atoms. The Hall–Kier alpha value is -2.53. The van der Waals surface area contributed by atoms with Gasteiger partial charge >= 0.3 is 0 Å². The topological polar surface area (TPSA) is 97.5 Å². The average Bonchev–Trinajstić information content (AvgIpc) is 3.22. The summed E-state index contributed by atoms with van der Waals surface area (Å²) in [4.78, 5) is 46.0. The summed E-state index contributed by atoms with van der Waals surface area (Å²) in [5.74, 6) is 0.0454. The molecular weight excluding hydrogens is 484 g/mol. The van der Waals surface area contributed by atoms with Crippen LogP contribution in [-0.2, 0) is 20.9 Å². The van der Waals surface area contributed by atoms with Crippen LogP contribution in [0.15, 0.2) is 18.2 Å². The second-order valence-electron chi connectivity index (χ2n) is 11.5. The highest BCUT2D eigenvalue weighted by Gasteiger charge is 2.39. The molecule has 10 nitrogen and oxygen atoms in total. The first-order chi connectivity index (χ1) is 18.5. The smallest absolute Gasteiger partial charge is 0.255 e. The summed E-state index contributed by atoms with van der Waals surface area (Å²) in [5, 5.41) is 5.63. The molecule has 0 spiro atoms. The van der Waals surface area contributed by atoms with Crippen LogP contribution in [0, 0.1) is 5.92 Å². The van der Waals surface area contributed by atoms with Crippen LogP contribution in [0.5, 0.6) is 0 Å². The number of amides is 3. The first-order valence-electron chi connectivity index (χ1n) is 14.3. The molecule has 3 amide bonds. The monoisotopic (exact) mass is 524 g/mol. The largest absolute Gasteiger partial charge is 0.374 e. The predicted octanol–water partition coefficient (Wildman–Crippen LogP) is 0.270. The number of nitrogens with zero attached hydrogens (tertiary/aromatic N) is 4. The molecule has 1 atom stereocenters.